The summed E-state index contributed by atoms with van der Waals surface area (Å²) in [5.41, 5.74) is -0.689. The number of unbranched alkanes of at least 4 members (excludes halogenated alkanes) is 1. The molecule has 1 saturated carbocycles. The van der Waals surface area contributed by atoms with Gasteiger partial charge in [0.2, 0.25) is 11.8 Å². The molecule has 1 saturated heterocycles. The molecule has 2 rings (SSSR count). The third-order valence-electron chi connectivity index (χ3n) is 4.05. The minimum absolute atomic E-state index is 0.0356. The normalized spacial score (nSPS) is 21.5. The number of hydrogen-bond acceptors (Lipinski definition) is 2. The van der Waals surface area contributed by atoms with Crippen molar-refractivity contribution < 1.29 is 9.59 Å². The van der Waals surface area contributed by atoms with Crippen molar-refractivity contribution in [3.05, 3.63) is 0 Å². The van der Waals surface area contributed by atoms with Crippen molar-refractivity contribution in [3.63, 3.8) is 0 Å². The molecule has 18 heavy (non-hydrogen) atoms. The second kappa shape index (κ2) is 5.72. The van der Waals surface area contributed by atoms with Gasteiger partial charge < -0.3 is 10.2 Å². The first kappa shape index (κ1) is 13.4. The summed E-state index contributed by atoms with van der Waals surface area (Å²) in [5.74, 6) is 0.0442. The summed E-state index contributed by atoms with van der Waals surface area (Å²) in [4.78, 5) is 26.4. The maximum atomic E-state index is 12.4. The molecule has 1 aliphatic heterocycles. The van der Waals surface area contributed by atoms with Crippen molar-refractivity contribution >= 4 is 11.8 Å². The van der Waals surface area contributed by atoms with E-state index < -0.39 is 5.41 Å². The molecule has 1 aliphatic carbocycles. The van der Waals surface area contributed by atoms with Crippen molar-refractivity contribution in [3.8, 4) is 0 Å². The largest absolute Gasteiger partial charge is 0.355 e. The van der Waals surface area contributed by atoms with Crippen molar-refractivity contribution in [2.75, 3.05) is 19.6 Å². The molecule has 1 heterocycles. The highest BCUT2D eigenvalue weighted by molar-refractivity contribution is 6.07. The zero-order valence-electron chi connectivity index (χ0n) is 11.3. The minimum Gasteiger partial charge on any atom is -0.355 e. The van der Waals surface area contributed by atoms with E-state index in [-0.39, 0.29) is 11.8 Å². The standard InChI is InChI=1S/C14H24N2O2/c1-2-3-9-15-12(17)14(7-8-14)13(18)16-10-5-4-6-11-16/h2-11H2,1H3,(H,15,17). The summed E-state index contributed by atoms with van der Waals surface area (Å²) in [5, 5.41) is 2.92. The molecule has 4 nitrogen and oxygen atoms in total. The first-order valence-corrected chi connectivity index (χ1v) is 7.28. The van der Waals surface area contributed by atoms with Crippen LogP contribution in [0.15, 0.2) is 0 Å². The second-order valence-electron chi connectivity index (χ2n) is 5.54. The Bertz CT molecular complexity index is 318. The summed E-state index contributed by atoms with van der Waals surface area (Å²) in [7, 11) is 0. The molecule has 4 heteroatoms. The molecule has 0 bridgehead atoms. The summed E-state index contributed by atoms with van der Waals surface area (Å²) in [6.45, 7) is 4.47. The molecule has 0 spiro atoms. The summed E-state index contributed by atoms with van der Waals surface area (Å²) >= 11 is 0. The van der Waals surface area contributed by atoms with Gasteiger partial charge in [-0.05, 0) is 38.5 Å². The number of likely N-dealkylation sites (tertiary alicyclic amines) is 1. The molecule has 102 valence electrons. The first-order chi connectivity index (χ1) is 8.70. The van der Waals surface area contributed by atoms with Crippen LogP contribution in [0.25, 0.3) is 0 Å². The monoisotopic (exact) mass is 252 g/mol. The number of piperidine rings is 1. The lowest BCUT2D eigenvalue weighted by Gasteiger charge is -2.30. The van der Waals surface area contributed by atoms with Crippen LogP contribution in [0.2, 0.25) is 0 Å². The van der Waals surface area contributed by atoms with Gasteiger partial charge in [0.1, 0.15) is 5.41 Å². The Balaban J connectivity index is 1.89. The van der Waals surface area contributed by atoms with Gasteiger partial charge in [-0.1, -0.05) is 13.3 Å². The van der Waals surface area contributed by atoms with Gasteiger partial charge in [0, 0.05) is 19.6 Å². The molecule has 0 aromatic heterocycles. The predicted molar refractivity (Wildman–Crippen MR) is 70.0 cm³/mol. The van der Waals surface area contributed by atoms with Gasteiger partial charge in [-0.2, -0.15) is 0 Å². The Morgan fingerprint density at radius 2 is 1.83 bits per heavy atom. The number of rotatable bonds is 5. The molecule has 2 amide bonds. The predicted octanol–water partition coefficient (Wildman–Crippen LogP) is 1.70. The highest BCUT2D eigenvalue weighted by atomic mass is 16.2. The van der Waals surface area contributed by atoms with Crippen LogP contribution in [0.1, 0.15) is 51.9 Å². The number of nitrogens with one attached hydrogen (secondary N) is 1. The van der Waals surface area contributed by atoms with Gasteiger partial charge in [0.05, 0.1) is 0 Å². The fraction of sp³-hybridized carbons (Fsp3) is 0.857. The van der Waals surface area contributed by atoms with Gasteiger partial charge in [-0.3, -0.25) is 9.59 Å². The molecule has 0 unspecified atom stereocenters. The first-order valence-electron chi connectivity index (χ1n) is 7.28. The zero-order chi connectivity index (χ0) is 13.0. The Morgan fingerprint density at radius 3 is 2.39 bits per heavy atom. The average molecular weight is 252 g/mol. The molecular weight excluding hydrogens is 228 g/mol. The van der Waals surface area contributed by atoms with Crippen LogP contribution in [0, 0.1) is 5.41 Å². The van der Waals surface area contributed by atoms with Crippen LogP contribution >= 0.6 is 0 Å². The molecule has 0 aromatic carbocycles. The number of carbonyl (C=O) groups excluding carboxylic acids is 2. The van der Waals surface area contributed by atoms with E-state index in [1.165, 1.54) is 6.42 Å². The van der Waals surface area contributed by atoms with E-state index in [4.69, 9.17) is 0 Å². The Kier molecular flexibility index (Phi) is 4.25. The fourth-order valence-corrected chi connectivity index (χ4v) is 2.61. The van der Waals surface area contributed by atoms with Crippen molar-refractivity contribution in [2.24, 2.45) is 5.41 Å². The van der Waals surface area contributed by atoms with Crippen LogP contribution in [-0.2, 0) is 9.59 Å². The smallest absolute Gasteiger partial charge is 0.238 e. The molecule has 2 fully saturated rings. The maximum absolute atomic E-state index is 12.4. The lowest BCUT2D eigenvalue weighted by Crippen LogP contribution is -2.47. The molecule has 0 aromatic rings. The third kappa shape index (κ3) is 2.68. The van der Waals surface area contributed by atoms with Crippen LogP contribution in [-0.4, -0.2) is 36.3 Å². The van der Waals surface area contributed by atoms with E-state index in [0.717, 1.165) is 51.6 Å². The van der Waals surface area contributed by atoms with Crippen LogP contribution < -0.4 is 5.32 Å². The number of carbonyl (C=O) groups is 2. The van der Waals surface area contributed by atoms with E-state index in [1.807, 2.05) is 4.90 Å². The highest BCUT2D eigenvalue weighted by Crippen LogP contribution is 2.47. The number of nitrogens with zero attached hydrogens (tertiary/aromatic N) is 1. The number of hydrogen-bond donors (Lipinski definition) is 1. The summed E-state index contributed by atoms with van der Waals surface area (Å²) in [6, 6.07) is 0. The topological polar surface area (TPSA) is 49.4 Å². The molecule has 2 aliphatic rings. The van der Waals surface area contributed by atoms with Crippen molar-refractivity contribution in [1.29, 1.82) is 0 Å². The quantitative estimate of drug-likeness (QED) is 0.598. The minimum atomic E-state index is -0.689. The van der Waals surface area contributed by atoms with Gasteiger partial charge >= 0.3 is 0 Å². The van der Waals surface area contributed by atoms with Gasteiger partial charge in [-0.25, -0.2) is 0 Å². The van der Waals surface area contributed by atoms with Gasteiger partial charge in [0.15, 0.2) is 0 Å². The second-order valence-corrected chi connectivity index (χ2v) is 5.54. The molecular formula is C14H24N2O2. The zero-order valence-corrected chi connectivity index (χ0v) is 11.3. The van der Waals surface area contributed by atoms with Gasteiger partial charge in [0.25, 0.3) is 0 Å². The third-order valence-corrected chi connectivity index (χ3v) is 4.05. The molecule has 0 radical (unpaired) electrons. The average Bonchev–Trinajstić information content (AvgIpc) is 3.20. The summed E-state index contributed by atoms with van der Waals surface area (Å²) in [6.07, 6.45) is 6.89. The lowest BCUT2D eigenvalue weighted by atomic mass is 10.0. The highest BCUT2D eigenvalue weighted by Gasteiger charge is 2.57. The SMILES string of the molecule is CCCCNC(=O)C1(C(=O)N2CCCCC2)CC1. The Morgan fingerprint density at radius 1 is 1.17 bits per heavy atom. The van der Waals surface area contributed by atoms with E-state index >= 15 is 0 Å². The molecule has 0 atom stereocenters. The molecule has 1 N–H and O–H groups in total. The number of amides is 2. The van der Waals surface area contributed by atoms with E-state index in [2.05, 4.69) is 12.2 Å². The van der Waals surface area contributed by atoms with E-state index in [1.54, 1.807) is 0 Å². The fourth-order valence-electron chi connectivity index (χ4n) is 2.61. The Hall–Kier alpha value is -1.06. The lowest BCUT2D eigenvalue weighted by molar-refractivity contribution is -0.144. The van der Waals surface area contributed by atoms with E-state index in [0.29, 0.717) is 6.54 Å². The summed E-state index contributed by atoms with van der Waals surface area (Å²) < 4.78 is 0. The van der Waals surface area contributed by atoms with E-state index in [9.17, 15) is 9.59 Å². The van der Waals surface area contributed by atoms with Gasteiger partial charge in [-0.15, -0.1) is 0 Å². The Labute approximate surface area is 109 Å². The van der Waals surface area contributed by atoms with Crippen molar-refractivity contribution in [1.82, 2.24) is 10.2 Å². The van der Waals surface area contributed by atoms with Crippen LogP contribution in [0.4, 0.5) is 0 Å². The van der Waals surface area contributed by atoms with Crippen LogP contribution in [0.3, 0.4) is 0 Å². The van der Waals surface area contributed by atoms with Crippen LogP contribution in [0.5, 0.6) is 0 Å². The maximum Gasteiger partial charge on any atom is 0.238 e. The van der Waals surface area contributed by atoms with Crippen molar-refractivity contribution in [2.45, 2.75) is 51.9 Å².